The van der Waals surface area contributed by atoms with E-state index in [2.05, 4.69) is 21.9 Å². The number of nitrogens with one attached hydrogen (secondary N) is 1. The molecular weight excluding hydrogens is 360 g/mol. The number of aromatic nitrogens is 3. The molecule has 0 saturated carbocycles. The predicted octanol–water partition coefficient (Wildman–Crippen LogP) is 3.33. The summed E-state index contributed by atoms with van der Waals surface area (Å²) in [7, 11) is 0. The van der Waals surface area contributed by atoms with Gasteiger partial charge in [0.05, 0.1) is 11.1 Å². The molecule has 0 unspecified atom stereocenters. The molecule has 2 aromatic heterocycles. The first-order valence-corrected chi connectivity index (χ1v) is 9.45. The highest BCUT2D eigenvalue weighted by atomic mass is 32.2. The van der Waals surface area contributed by atoms with E-state index in [1.54, 1.807) is 24.4 Å². The summed E-state index contributed by atoms with van der Waals surface area (Å²) in [5.41, 5.74) is 3.12. The number of carbonyl (C=O) groups is 1. The van der Waals surface area contributed by atoms with Crippen molar-refractivity contribution in [3.8, 4) is 0 Å². The van der Waals surface area contributed by atoms with Crippen LogP contribution in [0.2, 0.25) is 0 Å². The summed E-state index contributed by atoms with van der Waals surface area (Å²) in [5, 5.41) is 3.81. The number of nitrogens with zero attached hydrogens (tertiary/aromatic N) is 3. The second-order valence-electron chi connectivity index (χ2n) is 6.06. The molecule has 0 aliphatic heterocycles. The average Bonchev–Trinajstić information content (AvgIpc) is 2.66. The van der Waals surface area contributed by atoms with Crippen LogP contribution in [0, 0.1) is 13.8 Å². The average molecular weight is 380 g/mol. The number of hydrogen-bond acceptors (Lipinski definition) is 5. The molecule has 7 heteroatoms. The van der Waals surface area contributed by atoms with E-state index in [0.29, 0.717) is 22.7 Å². The zero-order chi connectivity index (χ0) is 19.4. The van der Waals surface area contributed by atoms with Gasteiger partial charge in [-0.3, -0.25) is 14.2 Å². The first-order valence-electron chi connectivity index (χ1n) is 8.46. The van der Waals surface area contributed by atoms with Gasteiger partial charge in [-0.25, -0.2) is 9.97 Å². The second kappa shape index (κ2) is 8.18. The first-order chi connectivity index (χ1) is 13.0. The van der Waals surface area contributed by atoms with Gasteiger partial charge in [-0.2, -0.15) is 0 Å². The number of thioether (sulfide) groups is 1. The minimum absolute atomic E-state index is 0.134. The Kier molecular flexibility index (Phi) is 5.71. The van der Waals surface area contributed by atoms with Crippen LogP contribution in [0.25, 0.3) is 11.0 Å². The topological polar surface area (TPSA) is 76.9 Å². The molecule has 0 fully saturated rings. The fourth-order valence-electron chi connectivity index (χ4n) is 2.64. The number of pyridine rings is 1. The lowest BCUT2D eigenvalue weighted by Crippen LogP contribution is -2.24. The highest BCUT2D eigenvalue weighted by Crippen LogP contribution is 2.20. The van der Waals surface area contributed by atoms with Crippen LogP contribution in [0.4, 0.5) is 5.69 Å². The fraction of sp³-hybridized carbons (Fsp3) is 0.200. The molecule has 0 radical (unpaired) electrons. The van der Waals surface area contributed by atoms with Gasteiger partial charge in [0.2, 0.25) is 5.91 Å². The predicted molar refractivity (Wildman–Crippen MR) is 109 cm³/mol. The minimum Gasteiger partial charge on any atom is -0.325 e. The molecule has 2 heterocycles. The maximum Gasteiger partial charge on any atom is 0.263 e. The van der Waals surface area contributed by atoms with Crippen LogP contribution in [0.5, 0.6) is 0 Å². The number of rotatable bonds is 6. The Labute approximate surface area is 161 Å². The number of benzene rings is 1. The number of anilines is 1. The van der Waals surface area contributed by atoms with Gasteiger partial charge in [0.1, 0.15) is 0 Å². The summed E-state index contributed by atoms with van der Waals surface area (Å²) >= 11 is 1.21. The molecule has 1 aromatic carbocycles. The van der Waals surface area contributed by atoms with E-state index >= 15 is 0 Å². The van der Waals surface area contributed by atoms with E-state index in [4.69, 9.17) is 0 Å². The Morgan fingerprint density at radius 2 is 2.11 bits per heavy atom. The molecule has 0 saturated heterocycles. The lowest BCUT2D eigenvalue weighted by atomic mass is 10.1. The van der Waals surface area contributed by atoms with Crippen molar-refractivity contribution in [2.24, 2.45) is 0 Å². The normalized spacial score (nSPS) is 10.7. The fourth-order valence-corrected chi connectivity index (χ4v) is 3.44. The SMILES string of the molecule is C=CCn1c(SCC(=O)Nc2cccc(C)c2C)nc2ncccc2c1=O. The van der Waals surface area contributed by atoms with Crippen molar-refractivity contribution in [3.63, 3.8) is 0 Å². The molecular formula is C20H20N4O2S. The third kappa shape index (κ3) is 4.09. The molecule has 138 valence electrons. The highest BCUT2D eigenvalue weighted by molar-refractivity contribution is 7.99. The Morgan fingerprint density at radius 3 is 2.89 bits per heavy atom. The number of hydrogen-bond donors (Lipinski definition) is 1. The van der Waals surface area contributed by atoms with E-state index in [9.17, 15) is 9.59 Å². The zero-order valence-electron chi connectivity index (χ0n) is 15.2. The van der Waals surface area contributed by atoms with Crippen molar-refractivity contribution in [1.82, 2.24) is 14.5 Å². The van der Waals surface area contributed by atoms with Gasteiger partial charge in [-0.05, 0) is 43.2 Å². The largest absolute Gasteiger partial charge is 0.325 e. The monoisotopic (exact) mass is 380 g/mol. The van der Waals surface area contributed by atoms with E-state index in [0.717, 1.165) is 16.8 Å². The van der Waals surface area contributed by atoms with Crippen LogP contribution in [0.3, 0.4) is 0 Å². The zero-order valence-corrected chi connectivity index (χ0v) is 16.0. The highest BCUT2D eigenvalue weighted by Gasteiger charge is 2.13. The van der Waals surface area contributed by atoms with Crippen LogP contribution in [-0.4, -0.2) is 26.2 Å². The lowest BCUT2D eigenvalue weighted by Gasteiger charge is -2.12. The van der Waals surface area contributed by atoms with Crippen molar-refractivity contribution in [2.45, 2.75) is 25.5 Å². The molecule has 3 rings (SSSR count). The summed E-state index contributed by atoms with van der Waals surface area (Å²) < 4.78 is 1.51. The van der Waals surface area contributed by atoms with Gasteiger partial charge in [0.15, 0.2) is 10.8 Å². The number of allylic oxidation sites excluding steroid dienone is 1. The summed E-state index contributed by atoms with van der Waals surface area (Å²) in [5.74, 6) is -0.0239. The Hall–Kier alpha value is -2.93. The van der Waals surface area contributed by atoms with Crippen molar-refractivity contribution in [1.29, 1.82) is 0 Å². The van der Waals surface area contributed by atoms with E-state index in [1.165, 1.54) is 16.3 Å². The first kappa shape index (κ1) is 18.8. The molecule has 27 heavy (non-hydrogen) atoms. The van der Waals surface area contributed by atoms with Gasteiger partial charge in [0, 0.05) is 18.4 Å². The minimum atomic E-state index is -0.189. The third-order valence-corrected chi connectivity index (χ3v) is 5.19. The molecule has 0 aliphatic carbocycles. The van der Waals surface area contributed by atoms with Crippen LogP contribution < -0.4 is 10.9 Å². The van der Waals surface area contributed by atoms with Crippen LogP contribution >= 0.6 is 11.8 Å². The van der Waals surface area contributed by atoms with Gasteiger partial charge >= 0.3 is 0 Å². The van der Waals surface area contributed by atoms with Gasteiger partial charge in [-0.1, -0.05) is 30.0 Å². The lowest BCUT2D eigenvalue weighted by molar-refractivity contribution is -0.113. The quantitative estimate of drug-likeness (QED) is 0.403. The second-order valence-corrected chi connectivity index (χ2v) is 7.00. The Bertz CT molecular complexity index is 1080. The van der Waals surface area contributed by atoms with Crippen molar-refractivity contribution >= 4 is 34.4 Å². The van der Waals surface area contributed by atoms with Crippen molar-refractivity contribution in [3.05, 3.63) is 70.7 Å². The van der Waals surface area contributed by atoms with E-state index in [1.807, 2.05) is 32.0 Å². The summed E-state index contributed by atoms with van der Waals surface area (Å²) in [4.78, 5) is 33.7. The Morgan fingerprint density at radius 1 is 1.30 bits per heavy atom. The molecule has 0 bridgehead atoms. The molecule has 0 spiro atoms. The number of fused-ring (bicyclic) bond motifs is 1. The summed E-state index contributed by atoms with van der Waals surface area (Å²) in [6.45, 7) is 7.98. The van der Waals surface area contributed by atoms with E-state index < -0.39 is 0 Å². The molecule has 0 aliphatic rings. The van der Waals surface area contributed by atoms with Gasteiger partial charge < -0.3 is 5.32 Å². The third-order valence-electron chi connectivity index (χ3n) is 4.22. The molecule has 1 amide bonds. The number of aryl methyl sites for hydroxylation is 1. The maximum absolute atomic E-state index is 12.7. The number of carbonyl (C=O) groups excluding carboxylic acids is 1. The molecule has 6 nitrogen and oxygen atoms in total. The molecule has 1 N–H and O–H groups in total. The standard InChI is InChI=1S/C20H20N4O2S/c1-4-11-24-19(26)15-8-6-10-21-18(15)23-20(24)27-12-17(25)22-16-9-5-7-13(2)14(16)3/h4-10H,1,11-12H2,2-3H3,(H,22,25). The number of amides is 1. The summed E-state index contributed by atoms with van der Waals surface area (Å²) in [6.07, 6.45) is 3.22. The molecule has 0 atom stereocenters. The van der Waals surface area contributed by atoms with Gasteiger partial charge in [-0.15, -0.1) is 6.58 Å². The van der Waals surface area contributed by atoms with E-state index in [-0.39, 0.29) is 17.2 Å². The summed E-state index contributed by atoms with van der Waals surface area (Å²) in [6, 6.07) is 9.17. The molecule has 3 aromatic rings. The van der Waals surface area contributed by atoms with Crippen molar-refractivity contribution in [2.75, 3.05) is 11.1 Å². The van der Waals surface area contributed by atoms with Gasteiger partial charge in [0.25, 0.3) is 5.56 Å². The van der Waals surface area contributed by atoms with Crippen LogP contribution in [0.15, 0.2) is 59.1 Å². The smallest absolute Gasteiger partial charge is 0.263 e. The van der Waals surface area contributed by atoms with Crippen molar-refractivity contribution < 1.29 is 4.79 Å². The van der Waals surface area contributed by atoms with Crippen LogP contribution in [-0.2, 0) is 11.3 Å². The maximum atomic E-state index is 12.7. The Balaban J connectivity index is 1.82. The van der Waals surface area contributed by atoms with Crippen LogP contribution in [0.1, 0.15) is 11.1 Å².